The first-order valence-electron chi connectivity index (χ1n) is 8.35. The number of carbonyl (C=O) groups is 1. The Morgan fingerprint density at radius 2 is 1.78 bits per heavy atom. The maximum absolute atomic E-state index is 13.1. The molecule has 3 rings (SSSR count). The number of thiol groups is 1. The molecule has 1 aliphatic heterocycles. The number of hydrogen-bond acceptors (Lipinski definition) is 4. The number of carbonyl (C=O) groups excluding carboxylic acids is 1. The molecule has 0 radical (unpaired) electrons. The SMILES string of the molecule is CC1=C(C(=O)Nc2ccc(C)cc2)C(c2ccc(Cl)cc2)C(C#N)=C(S)N1. The van der Waals surface area contributed by atoms with Crippen molar-refractivity contribution < 1.29 is 4.79 Å². The average molecular weight is 396 g/mol. The summed E-state index contributed by atoms with van der Waals surface area (Å²) in [5.74, 6) is -0.788. The monoisotopic (exact) mass is 395 g/mol. The number of benzene rings is 2. The van der Waals surface area contributed by atoms with E-state index in [9.17, 15) is 10.1 Å². The molecule has 27 heavy (non-hydrogen) atoms. The molecule has 0 aliphatic carbocycles. The predicted molar refractivity (Wildman–Crippen MR) is 111 cm³/mol. The van der Waals surface area contributed by atoms with E-state index in [0.29, 0.717) is 32.6 Å². The molecule has 4 nitrogen and oxygen atoms in total. The Kier molecular flexibility index (Phi) is 5.59. The summed E-state index contributed by atoms with van der Waals surface area (Å²) in [6.45, 7) is 3.79. The van der Waals surface area contributed by atoms with Crippen molar-refractivity contribution in [2.24, 2.45) is 0 Å². The molecule has 2 N–H and O–H groups in total. The van der Waals surface area contributed by atoms with Crippen molar-refractivity contribution in [1.29, 1.82) is 5.26 Å². The van der Waals surface area contributed by atoms with E-state index >= 15 is 0 Å². The second kappa shape index (κ2) is 7.91. The molecule has 0 saturated heterocycles. The lowest BCUT2D eigenvalue weighted by Crippen LogP contribution is -2.30. The number of anilines is 1. The van der Waals surface area contributed by atoms with Gasteiger partial charge in [0.2, 0.25) is 0 Å². The van der Waals surface area contributed by atoms with Gasteiger partial charge in [0, 0.05) is 22.0 Å². The molecule has 2 aromatic rings. The highest BCUT2D eigenvalue weighted by Crippen LogP contribution is 2.39. The van der Waals surface area contributed by atoms with E-state index in [1.807, 2.05) is 43.3 Å². The van der Waals surface area contributed by atoms with Gasteiger partial charge in [-0.15, -0.1) is 12.6 Å². The van der Waals surface area contributed by atoms with Gasteiger partial charge < -0.3 is 10.6 Å². The standard InChI is InChI=1S/C21H18ClN3OS/c1-12-3-9-16(10-4-12)25-20(26)18-13(2)24-21(27)17(11-23)19(18)14-5-7-15(22)8-6-14/h3-10,19,24,27H,1-2H3,(H,25,26). The summed E-state index contributed by atoms with van der Waals surface area (Å²) in [5, 5.41) is 16.7. The third-order valence-electron chi connectivity index (χ3n) is 4.42. The van der Waals surface area contributed by atoms with Crippen LogP contribution in [0, 0.1) is 18.3 Å². The second-order valence-corrected chi connectivity index (χ2v) is 7.23. The van der Waals surface area contributed by atoms with Crippen LogP contribution in [0.1, 0.15) is 24.0 Å². The summed E-state index contributed by atoms with van der Waals surface area (Å²) < 4.78 is 0. The van der Waals surface area contributed by atoms with Gasteiger partial charge in [-0.1, -0.05) is 41.4 Å². The van der Waals surface area contributed by atoms with Crippen molar-refractivity contribution in [3.63, 3.8) is 0 Å². The van der Waals surface area contributed by atoms with Crippen LogP contribution in [0.3, 0.4) is 0 Å². The molecule has 0 saturated carbocycles. The van der Waals surface area contributed by atoms with E-state index in [1.165, 1.54) is 0 Å². The molecule has 0 spiro atoms. The van der Waals surface area contributed by atoms with Gasteiger partial charge in [-0.25, -0.2) is 0 Å². The van der Waals surface area contributed by atoms with Crippen molar-refractivity contribution in [3.05, 3.63) is 86.6 Å². The van der Waals surface area contributed by atoms with Crippen LogP contribution in [-0.2, 0) is 4.79 Å². The van der Waals surface area contributed by atoms with E-state index in [1.54, 1.807) is 19.1 Å². The molecule has 1 aliphatic rings. The zero-order valence-corrected chi connectivity index (χ0v) is 16.5. The maximum Gasteiger partial charge on any atom is 0.254 e. The second-order valence-electron chi connectivity index (χ2n) is 6.34. The Morgan fingerprint density at radius 1 is 1.15 bits per heavy atom. The molecular weight excluding hydrogens is 378 g/mol. The fraction of sp³-hybridized carbons (Fsp3) is 0.143. The minimum Gasteiger partial charge on any atom is -0.353 e. The third kappa shape index (κ3) is 4.02. The average Bonchev–Trinajstić information content (AvgIpc) is 2.63. The first-order chi connectivity index (χ1) is 12.9. The Bertz CT molecular complexity index is 986. The third-order valence-corrected chi connectivity index (χ3v) is 5.02. The Hall–Kier alpha value is -2.68. The van der Waals surface area contributed by atoms with Gasteiger partial charge in [0.05, 0.1) is 22.6 Å². The molecule has 1 unspecified atom stereocenters. The molecule has 0 fully saturated rings. The van der Waals surface area contributed by atoms with E-state index in [2.05, 4.69) is 29.3 Å². The number of hydrogen-bond donors (Lipinski definition) is 3. The van der Waals surface area contributed by atoms with Crippen molar-refractivity contribution in [3.8, 4) is 6.07 Å². The molecule has 6 heteroatoms. The van der Waals surface area contributed by atoms with Crippen molar-refractivity contribution in [1.82, 2.24) is 5.32 Å². The zero-order valence-electron chi connectivity index (χ0n) is 14.9. The first-order valence-corrected chi connectivity index (χ1v) is 9.17. The van der Waals surface area contributed by atoms with Crippen LogP contribution in [0.15, 0.2) is 70.4 Å². The zero-order chi connectivity index (χ0) is 19.6. The maximum atomic E-state index is 13.1. The van der Waals surface area contributed by atoms with Gasteiger partial charge in [-0.05, 0) is 43.7 Å². The topological polar surface area (TPSA) is 64.9 Å². The normalized spacial score (nSPS) is 16.6. The fourth-order valence-corrected chi connectivity index (χ4v) is 3.53. The number of nitriles is 1. The Labute approximate surface area is 169 Å². The number of dihydropyridines is 1. The van der Waals surface area contributed by atoms with Crippen LogP contribution >= 0.6 is 24.2 Å². The molecule has 0 bridgehead atoms. The molecule has 1 amide bonds. The Balaban J connectivity index is 2.03. The highest BCUT2D eigenvalue weighted by atomic mass is 35.5. The van der Waals surface area contributed by atoms with Crippen LogP contribution in [-0.4, -0.2) is 5.91 Å². The predicted octanol–water partition coefficient (Wildman–Crippen LogP) is 4.91. The van der Waals surface area contributed by atoms with Gasteiger partial charge in [0.1, 0.15) is 0 Å². The number of nitrogens with zero attached hydrogens (tertiary/aromatic N) is 1. The number of amides is 1. The highest BCUT2D eigenvalue weighted by molar-refractivity contribution is 7.84. The van der Waals surface area contributed by atoms with E-state index in [-0.39, 0.29) is 5.91 Å². The van der Waals surface area contributed by atoms with Crippen LogP contribution in [0.5, 0.6) is 0 Å². The Morgan fingerprint density at radius 3 is 2.37 bits per heavy atom. The number of allylic oxidation sites excluding steroid dienone is 2. The number of halogens is 1. The highest BCUT2D eigenvalue weighted by Gasteiger charge is 2.33. The summed E-state index contributed by atoms with van der Waals surface area (Å²) in [6.07, 6.45) is 0. The quantitative estimate of drug-likeness (QED) is 0.647. The van der Waals surface area contributed by atoms with Crippen LogP contribution < -0.4 is 10.6 Å². The number of aryl methyl sites for hydroxylation is 1. The summed E-state index contributed by atoms with van der Waals surface area (Å²) in [4.78, 5) is 13.1. The van der Waals surface area contributed by atoms with E-state index < -0.39 is 5.92 Å². The molecule has 1 heterocycles. The minimum atomic E-state index is -0.522. The molecular formula is C21H18ClN3OS. The van der Waals surface area contributed by atoms with Crippen molar-refractivity contribution in [2.75, 3.05) is 5.32 Å². The molecule has 1 atom stereocenters. The lowest BCUT2D eigenvalue weighted by atomic mass is 9.82. The molecule has 136 valence electrons. The molecule has 0 aromatic heterocycles. The molecule has 2 aromatic carbocycles. The number of nitrogens with one attached hydrogen (secondary N) is 2. The van der Waals surface area contributed by atoms with Gasteiger partial charge >= 0.3 is 0 Å². The fourth-order valence-electron chi connectivity index (χ4n) is 3.05. The smallest absolute Gasteiger partial charge is 0.254 e. The largest absolute Gasteiger partial charge is 0.353 e. The van der Waals surface area contributed by atoms with E-state index in [0.717, 1.165) is 11.1 Å². The minimum absolute atomic E-state index is 0.266. The van der Waals surface area contributed by atoms with Crippen LogP contribution in [0.25, 0.3) is 0 Å². The van der Waals surface area contributed by atoms with Crippen molar-refractivity contribution in [2.45, 2.75) is 19.8 Å². The lowest BCUT2D eigenvalue weighted by molar-refractivity contribution is -0.113. The van der Waals surface area contributed by atoms with Crippen LogP contribution in [0.2, 0.25) is 5.02 Å². The van der Waals surface area contributed by atoms with Gasteiger partial charge in [0.15, 0.2) is 0 Å². The summed E-state index contributed by atoms with van der Waals surface area (Å²) in [6, 6.07) is 16.9. The van der Waals surface area contributed by atoms with Gasteiger partial charge in [-0.2, -0.15) is 5.26 Å². The van der Waals surface area contributed by atoms with Gasteiger partial charge in [0.25, 0.3) is 5.91 Å². The first kappa shape index (κ1) is 19.1. The lowest BCUT2D eigenvalue weighted by Gasteiger charge is -2.28. The summed E-state index contributed by atoms with van der Waals surface area (Å²) in [5.41, 5.74) is 4.13. The summed E-state index contributed by atoms with van der Waals surface area (Å²) >= 11 is 10.4. The van der Waals surface area contributed by atoms with Crippen molar-refractivity contribution >= 4 is 35.8 Å². The van der Waals surface area contributed by atoms with Crippen LogP contribution in [0.4, 0.5) is 5.69 Å². The number of rotatable bonds is 3. The van der Waals surface area contributed by atoms with Gasteiger partial charge in [-0.3, -0.25) is 4.79 Å². The van der Waals surface area contributed by atoms with E-state index in [4.69, 9.17) is 11.6 Å². The summed E-state index contributed by atoms with van der Waals surface area (Å²) in [7, 11) is 0.